The van der Waals surface area contributed by atoms with Gasteiger partial charge in [-0.1, -0.05) is 25.8 Å². The third-order valence-electron chi connectivity index (χ3n) is 4.87. The van der Waals surface area contributed by atoms with Gasteiger partial charge in [-0.05, 0) is 39.2 Å². The average molecular weight is 501 g/mol. The fourth-order valence-corrected chi connectivity index (χ4v) is 2.86. The predicted octanol–water partition coefficient (Wildman–Crippen LogP) is -1.19. The van der Waals surface area contributed by atoms with Crippen molar-refractivity contribution in [2.24, 2.45) is 17.2 Å². The monoisotopic (exact) mass is 500 g/mol. The molecule has 0 aliphatic rings. The van der Waals surface area contributed by atoms with Gasteiger partial charge in [-0.15, -0.1) is 0 Å². The summed E-state index contributed by atoms with van der Waals surface area (Å²) in [5.74, 6) is -1.59. The minimum Gasteiger partial charge on any atom is -0.377 e. The number of nitrogens with one attached hydrogen (secondary N) is 3. The summed E-state index contributed by atoms with van der Waals surface area (Å²) < 4.78 is 10.6. The molecule has 0 aromatic carbocycles. The molecule has 4 amide bonds. The third kappa shape index (κ3) is 18.5. The Morgan fingerprint density at radius 1 is 0.971 bits per heavy atom. The van der Waals surface area contributed by atoms with Crippen molar-refractivity contribution in [3.05, 3.63) is 12.2 Å². The number of hydrogen-bond acceptors (Lipinski definition) is 8. The molecule has 12 heteroatoms. The van der Waals surface area contributed by atoms with Crippen LogP contribution in [0.2, 0.25) is 0 Å². The SMILES string of the molecule is CCCC[C@@H](/C=C/C(=O)NCCOCCOCC(=O)N[C@@H](CCCCN)C(N)=O)NC(=O)[C@H](C)N. The molecule has 12 nitrogen and oxygen atoms in total. The lowest BCUT2D eigenvalue weighted by Crippen LogP contribution is -2.45. The van der Waals surface area contributed by atoms with Crippen molar-refractivity contribution in [1.82, 2.24) is 16.0 Å². The molecule has 0 rings (SSSR count). The van der Waals surface area contributed by atoms with E-state index in [2.05, 4.69) is 16.0 Å². The minimum absolute atomic E-state index is 0.175. The van der Waals surface area contributed by atoms with Gasteiger partial charge in [-0.3, -0.25) is 19.2 Å². The Balaban J connectivity index is 4.01. The van der Waals surface area contributed by atoms with Crippen LogP contribution in [0.3, 0.4) is 0 Å². The molecule has 0 fully saturated rings. The lowest BCUT2D eigenvalue weighted by molar-refractivity contribution is -0.130. The van der Waals surface area contributed by atoms with Crippen LogP contribution in [0.4, 0.5) is 0 Å². The van der Waals surface area contributed by atoms with Crippen molar-refractivity contribution in [3.63, 3.8) is 0 Å². The Morgan fingerprint density at radius 2 is 1.69 bits per heavy atom. The number of carbonyl (C=O) groups is 4. The Bertz CT molecular complexity index is 658. The maximum Gasteiger partial charge on any atom is 0.246 e. The standard InChI is InChI=1S/C23H44N6O6/c1-3-4-7-18(28-23(33)17(2)25)9-10-20(30)27-12-13-34-14-15-35-16-21(31)29-19(22(26)32)8-5-6-11-24/h9-10,17-19H,3-8,11-16,24-25H2,1-2H3,(H2,26,32)(H,27,30)(H,28,33)(H,29,31)/b10-9+/t17-,18-,19-/m0/s1. The molecule has 0 aliphatic heterocycles. The van der Waals surface area contributed by atoms with Crippen molar-refractivity contribution >= 4 is 23.6 Å². The van der Waals surface area contributed by atoms with Crippen LogP contribution < -0.4 is 33.2 Å². The van der Waals surface area contributed by atoms with Crippen LogP contribution in [0.5, 0.6) is 0 Å². The summed E-state index contributed by atoms with van der Waals surface area (Å²) in [6.45, 7) is 4.91. The molecule has 0 radical (unpaired) electrons. The van der Waals surface area contributed by atoms with Crippen LogP contribution in [-0.2, 0) is 28.7 Å². The second kappa shape index (κ2) is 20.8. The summed E-state index contributed by atoms with van der Waals surface area (Å²) in [6, 6.07) is -1.61. The number of unbranched alkanes of at least 4 members (excludes halogenated alkanes) is 2. The number of carbonyl (C=O) groups excluding carboxylic acids is 4. The van der Waals surface area contributed by atoms with E-state index >= 15 is 0 Å². The Hall–Kier alpha value is -2.54. The molecule has 0 aromatic heterocycles. The van der Waals surface area contributed by atoms with Crippen molar-refractivity contribution in [2.75, 3.05) is 39.5 Å². The highest BCUT2D eigenvalue weighted by atomic mass is 16.5. The van der Waals surface area contributed by atoms with Gasteiger partial charge in [0, 0.05) is 18.7 Å². The van der Waals surface area contributed by atoms with Crippen LogP contribution in [0.25, 0.3) is 0 Å². The fraction of sp³-hybridized carbons (Fsp3) is 0.739. The zero-order valence-corrected chi connectivity index (χ0v) is 21.1. The summed E-state index contributed by atoms with van der Waals surface area (Å²) in [5.41, 5.74) is 16.3. The largest absolute Gasteiger partial charge is 0.377 e. The van der Waals surface area contributed by atoms with Crippen LogP contribution in [-0.4, -0.2) is 81.3 Å². The molecule has 9 N–H and O–H groups in total. The number of nitrogens with two attached hydrogens (primary N) is 3. The third-order valence-corrected chi connectivity index (χ3v) is 4.87. The van der Waals surface area contributed by atoms with E-state index < -0.39 is 23.9 Å². The molecule has 0 unspecified atom stereocenters. The van der Waals surface area contributed by atoms with E-state index in [9.17, 15) is 19.2 Å². The zero-order chi connectivity index (χ0) is 26.5. The van der Waals surface area contributed by atoms with E-state index in [-0.39, 0.29) is 44.3 Å². The summed E-state index contributed by atoms with van der Waals surface area (Å²) in [7, 11) is 0. The summed E-state index contributed by atoms with van der Waals surface area (Å²) in [4.78, 5) is 47.0. The highest BCUT2D eigenvalue weighted by molar-refractivity contribution is 5.88. The summed E-state index contributed by atoms with van der Waals surface area (Å²) in [5, 5.41) is 8.04. The fourth-order valence-electron chi connectivity index (χ4n) is 2.86. The Labute approximate surface area is 208 Å². The van der Waals surface area contributed by atoms with Gasteiger partial charge in [0.15, 0.2) is 0 Å². The van der Waals surface area contributed by atoms with Crippen molar-refractivity contribution in [2.45, 2.75) is 70.5 Å². The van der Waals surface area contributed by atoms with E-state index in [1.807, 2.05) is 6.92 Å². The molecule has 35 heavy (non-hydrogen) atoms. The number of primary amides is 1. The molecule has 0 spiro atoms. The van der Waals surface area contributed by atoms with Crippen LogP contribution in [0.15, 0.2) is 12.2 Å². The highest BCUT2D eigenvalue weighted by Gasteiger charge is 2.17. The first-order valence-corrected chi connectivity index (χ1v) is 12.2. The van der Waals surface area contributed by atoms with Gasteiger partial charge in [0.1, 0.15) is 12.6 Å². The molecule has 0 saturated heterocycles. The summed E-state index contributed by atoms with van der Waals surface area (Å²) in [6.07, 6.45) is 7.52. The molecule has 0 aliphatic carbocycles. The number of amides is 4. The first-order chi connectivity index (χ1) is 16.7. The van der Waals surface area contributed by atoms with Crippen molar-refractivity contribution in [3.8, 4) is 0 Å². The van der Waals surface area contributed by atoms with Gasteiger partial charge < -0.3 is 42.6 Å². The zero-order valence-electron chi connectivity index (χ0n) is 21.1. The van der Waals surface area contributed by atoms with E-state index in [1.165, 1.54) is 6.08 Å². The van der Waals surface area contributed by atoms with Gasteiger partial charge in [0.05, 0.1) is 25.9 Å². The normalized spacial score (nSPS) is 13.7. The molecule has 0 aromatic rings. The van der Waals surface area contributed by atoms with Gasteiger partial charge in [-0.25, -0.2) is 0 Å². The van der Waals surface area contributed by atoms with Gasteiger partial charge in [0.2, 0.25) is 23.6 Å². The lowest BCUT2D eigenvalue weighted by Gasteiger charge is -2.16. The molecule has 0 bridgehead atoms. The second-order valence-electron chi connectivity index (χ2n) is 8.17. The number of hydrogen-bond donors (Lipinski definition) is 6. The number of rotatable bonds is 21. The Morgan fingerprint density at radius 3 is 2.31 bits per heavy atom. The minimum atomic E-state index is -0.742. The van der Waals surface area contributed by atoms with Crippen LogP contribution >= 0.6 is 0 Å². The summed E-state index contributed by atoms with van der Waals surface area (Å²) >= 11 is 0. The van der Waals surface area contributed by atoms with E-state index in [4.69, 9.17) is 26.7 Å². The maximum atomic E-state index is 12.0. The van der Waals surface area contributed by atoms with Gasteiger partial charge >= 0.3 is 0 Å². The lowest BCUT2D eigenvalue weighted by atomic mass is 10.1. The second-order valence-corrected chi connectivity index (χ2v) is 8.17. The highest BCUT2D eigenvalue weighted by Crippen LogP contribution is 2.03. The predicted molar refractivity (Wildman–Crippen MR) is 133 cm³/mol. The van der Waals surface area contributed by atoms with E-state index in [0.717, 1.165) is 25.7 Å². The quantitative estimate of drug-likeness (QED) is 0.0834. The van der Waals surface area contributed by atoms with Crippen LogP contribution in [0.1, 0.15) is 52.4 Å². The molecule has 0 saturated carbocycles. The van der Waals surface area contributed by atoms with Gasteiger partial charge in [-0.2, -0.15) is 0 Å². The van der Waals surface area contributed by atoms with E-state index in [1.54, 1.807) is 13.0 Å². The molecular formula is C23H44N6O6. The first kappa shape index (κ1) is 32.5. The Kier molecular flexibility index (Phi) is 19.3. The molecular weight excluding hydrogens is 456 g/mol. The topological polar surface area (TPSA) is 201 Å². The molecule has 202 valence electrons. The van der Waals surface area contributed by atoms with Crippen LogP contribution in [0, 0.1) is 0 Å². The van der Waals surface area contributed by atoms with Crippen molar-refractivity contribution in [1.29, 1.82) is 0 Å². The van der Waals surface area contributed by atoms with Crippen molar-refractivity contribution < 1.29 is 28.7 Å². The molecule has 3 atom stereocenters. The average Bonchev–Trinajstić information content (AvgIpc) is 2.81. The first-order valence-electron chi connectivity index (χ1n) is 12.2. The smallest absolute Gasteiger partial charge is 0.246 e. The van der Waals surface area contributed by atoms with Gasteiger partial charge in [0.25, 0.3) is 0 Å². The van der Waals surface area contributed by atoms with E-state index in [0.29, 0.717) is 25.9 Å². The number of ether oxygens (including phenoxy) is 2. The maximum absolute atomic E-state index is 12.0. The molecule has 0 heterocycles.